The minimum atomic E-state index is -0.313. The van der Waals surface area contributed by atoms with Gasteiger partial charge in [0, 0.05) is 28.0 Å². The molecule has 0 saturated heterocycles. The summed E-state index contributed by atoms with van der Waals surface area (Å²) in [5, 5.41) is 0.783. The predicted molar refractivity (Wildman–Crippen MR) is 91.4 cm³/mol. The lowest BCUT2D eigenvalue weighted by atomic mass is 10.2. The van der Waals surface area contributed by atoms with Crippen molar-refractivity contribution in [3.63, 3.8) is 0 Å². The van der Waals surface area contributed by atoms with Gasteiger partial charge < -0.3 is 0 Å². The molecule has 0 atom stereocenters. The van der Waals surface area contributed by atoms with E-state index < -0.39 is 0 Å². The van der Waals surface area contributed by atoms with Crippen molar-refractivity contribution in [1.82, 2.24) is 9.97 Å². The number of hydrogen-bond acceptors (Lipinski definition) is 3. The Kier molecular flexibility index (Phi) is 4.55. The number of nitrogens with zero attached hydrogens (tertiary/aromatic N) is 3. The molecule has 3 aromatic rings. The second kappa shape index (κ2) is 6.77. The van der Waals surface area contributed by atoms with Crippen molar-refractivity contribution in [2.75, 3.05) is 4.90 Å². The summed E-state index contributed by atoms with van der Waals surface area (Å²) in [7, 11) is 0. The molecule has 0 radical (unpaired) electrons. The van der Waals surface area contributed by atoms with E-state index in [1.54, 1.807) is 67.0 Å². The van der Waals surface area contributed by atoms with Crippen LogP contribution in [0.25, 0.3) is 0 Å². The number of anilines is 2. The van der Waals surface area contributed by atoms with Crippen LogP contribution < -0.4 is 4.90 Å². The standard InChI is InChI=1S/C17H11Cl2N3O/c18-13-9-12(10-14(19)11-13)17(23)22(15-5-1-3-7-20-15)16-6-2-4-8-21-16/h1-11H. The Morgan fingerprint density at radius 2 is 1.35 bits per heavy atom. The fourth-order valence-corrected chi connectivity index (χ4v) is 2.63. The summed E-state index contributed by atoms with van der Waals surface area (Å²) in [5.41, 5.74) is 0.360. The normalized spacial score (nSPS) is 10.3. The van der Waals surface area contributed by atoms with Crippen LogP contribution in [0.3, 0.4) is 0 Å². The monoisotopic (exact) mass is 343 g/mol. The van der Waals surface area contributed by atoms with Crippen LogP contribution in [-0.4, -0.2) is 15.9 Å². The summed E-state index contributed by atoms with van der Waals surface area (Å²) in [6.45, 7) is 0. The maximum absolute atomic E-state index is 13.0. The molecule has 6 heteroatoms. The Morgan fingerprint density at radius 1 is 0.826 bits per heavy atom. The lowest BCUT2D eigenvalue weighted by molar-refractivity contribution is 0.0998. The molecule has 23 heavy (non-hydrogen) atoms. The van der Waals surface area contributed by atoms with Crippen LogP contribution in [0.2, 0.25) is 10.0 Å². The predicted octanol–water partition coefficient (Wildman–Crippen LogP) is 4.76. The highest BCUT2D eigenvalue weighted by Crippen LogP contribution is 2.26. The summed E-state index contributed by atoms with van der Waals surface area (Å²) < 4.78 is 0. The largest absolute Gasteiger partial charge is 0.268 e. The van der Waals surface area contributed by atoms with E-state index in [1.807, 2.05) is 0 Å². The van der Waals surface area contributed by atoms with E-state index in [9.17, 15) is 4.79 Å². The Labute approximate surface area is 143 Å². The molecule has 0 aliphatic heterocycles. The first-order chi connectivity index (χ1) is 11.1. The van der Waals surface area contributed by atoms with Gasteiger partial charge in [0.25, 0.3) is 5.91 Å². The van der Waals surface area contributed by atoms with Crippen LogP contribution in [0, 0.1) is 0 Å². The van der Waals surface area contributed by atoms with Gasteiger partial charge in [-0.05, 0) is 42.5 Å². The van der Waals surface area contributed by atoms with Gasteiger partial charge in [-0.1, -0.05) is 35.3 Å². The lowest BCUT2D eigenvalue weighted by Gasteiger charge is -2.21. The number of amides is 1. The van der Waals surface area contributed by atoms with Gasteiger partial charge in [0.2, 0.25) is 0 Å². The second-order valence-electron chi connectivity index (χ2n) is 4.67. The van der Waals surface area contributed by atoms with Gasteiger partial charge in [0.1, 0.15) is 11.6 Å². The molecule has 2 aromatic heterocycles. The number of carbonyl (C=O) groups is 1. The van der Waals surface area contributed by atoms with E-state index in [0.29, 0.717) is 27.2 Å². The number of rotatable bonds is 3. The second-order valence-corrected chi connectivity index (χ2v) is 5.55. The summed E-state index contributed by atoms with van der Waals surface area (Å²) in [4.78, 5) is 22.9. The average molecular weight is 344 g/mol. The Balaban J connectivity index is 2.10. The molecule has 0 unspecified atom stereocenters. The highest BCUT2D eigenvalue weighted by molar-refractivity contribution is 6.35. The topological polar surface area (TPSA) is 46.1 Å². The Hall–Kier alpha value is -2.43. The molecule has 0 N–H and O–H groups in total. The van der Waals surface area contributed by atoms with Gasteiger partial charge in [-0.3, -0.25) is 4.79 Å². The van der Waals surface area contributed by atoms with E-state index in [2.05, 4.69) is 9.97 Å². The third-order valence-corrected chi connectivity index (χ3v) is 3.51. The summed E-state index contributed by atoms with van der Waals surface area (Å²) in [5.74, 6) is 0.617. The van der Waals surface area contributed by atoms with Crippen molar-refractivity contribution in [3.05, 3.63) is 82.6 Å². The molecule has 4 nitrogen and oxygen atoms in total. The molecule has 0 aliphatic carbocycles. The van der Waals surface area contributed by atoms with Crippen molar-refractivity contribution < 1.29 is 4.79 Å². The van der Waals surface area contributed by atoms with E-state index in [-0.39, 0.29) is 5.91 Å². The van der Waals surface area contributed by atoms with Gasteiger partial charge in [0.05, 0.1) is 0 Å². The van der Waals surface area contributed by atoms with Gasteiger partial charge in [-0.2, -0.15) is 0 Å². The van der Waals surface area contributed by atoms with E-state index >= 15 is 0 Å². The lowest BCUT2D eigenvalue weighted by Crippen LogP contribution is -2.27. The molecule has 1 amide bonds. The van der Waals surface area contributed by atoms with E-state index in [1.165, 1.54) is 4.90 Å². The van der Waals surface area contributed by atoms with Crippen LogP contribution in [-0.2, 0) is 0 Å². The van der Waals surface area contributed by atoms with Crippen LogP contribution in [0.5, 0.6) is 0 Å². The smallest absolute Gasteiger partial charge is 0.265 e. The average Bonchev–Trinajstić information content (AvgIpc) is 2.56. The summed E-state index contributed by atoms with van der Waals surface area (Å²) in [6, 6.07) is 15.3. The van der Waals surface area contributed by atoms with Gasteiger partial charge in [-0.15, -0.1) is 0 Å². The third kappa shape index (κ3) is 3.50. The molecule has 0 saturated carbocycles. The minimum absolute atomic E-state index is 0.313. The van der Waals surface area contributed by atoms with Crippen LogP contribution in [0.4, 0.5) is 11.6 Å². The van der Waals surface area contributed by atoms with Crippen molar-refractivity contribution in [3.8, 4) is 0 Å². The molecule has 3 rings (SSSR count). The SMILES string of the molecule is O=C(c1cc(Cl)cc(Cl)c1)N(c1ccccn1)c1ccccn1. The van der Waals surface area contributed by atoms with Gasteiger partial charge in [0.15, 0.2) is 0 Å². The molecule has 0 spiro atoms. The van der Waals surface area contributed by atoms with Crippen LogP contribution in [0.15, 0.2) is 67.0 Å². The Bertz CT molecular complexity index is 766. The molecule has 114 valence electrons. The first-order valence-corrected chi connectivity index (χ1v) is 7.53. The number of halogens is 2. The van der Waals surface area contributed by atoms with Crippen LogP contribution in [0.1, 0.15) is 10.4 Å². The fourth-order valence-electron chi connectivity index (χ4n) is 2.10. The number of pyridine rings is 2. The zero-order valence-corrected chi connectivity index (χ0v) is 13.4. The molecule has 2 heterocycles. The number of benzene rings is 1. The van der Waals surface area contributed by atoms with E-state index in [0.717, 1.165) is 0 Å². The third-order valence-electron chi connectivity index (χ3n) is 3.07. The molecular formula is C17H11Cl2N3O. The van der Waals surface area contributed by atoms with Crippen molar-refractivity contribution in [2.24, 2.45) is 0 Å². The van der Waals surface area contributed by atoms with Crippen molar-refractivity contribution in [2.45, 2.75) is 0 Å². The number of aromatic nitrogens is 2. The molecule has 0 bridgehead atoms. The zero-order chi connectivity index (χ0) is 16.2. The first kappa shape index (κ1) is 15.5. The fraction of sp³-hybridized carbons (Fsp3) is 0. The van der Waals surface area contributed by atoms with E-state index in [4.69, 9.17) is 23.2 Å². The van der Waals surface area contributed by atoms with Gasteiger partial charge >= 0.3 is 0 Å². The maximum Gasteiger partial charge on any atom is 0.265 e. The summed E-state index contributed by atoms with van der Waals surface area (Å²) in [6.07, 6.45) is 3.23. The number of hydrogen-bond donors (Lipinski definition) is 0. The first-order valence-electron chi connectivity index (χ1n) is 6.78. The number of carbonyl (C=O) groups excluding carboxylic acids is 1. The molecule has 0 aliphatic rings. The quantitative estimate of drug-likeness (QED) is 0.688. The van der Waals surface area contributed by atoms with Crippen molar-refractivity contribution in [1.29, 1.82) is 0 Å². The summed E-state index contributed by atoms with van der Waals surface area (Å²) >= 11 is 12.0. The van der Waals surface area contributed by atoms with Crippen molar-refractivity contribution >= 4 is 40.7 Å². The van der Waals surface area contributed by atoms with Crippen LogP contribution >= 0.6 is 23.2 Å². The molecule has 1 aromatic carbocycles. The molecule has 0 fully saturated rings. The highest BCUT2D eigenvalue weighted by Gasteiger charge is 2.22. The molecular weight excluding hydrogens is 333 g/mol. The maximum atomic E-state index is 13.0. The highest BCUT2D eigenvalue weighted by atomic mass is 35.5. The zero-order valence-electron chi connectivity index (χ0n) is 11.9. The minimum Gasteiger partial charge on any atom is -0.268 e. The Morgan fingerprint density at radius 3 is 1.78 bits per heavy atom. The van der Waals surface area contributed by atoms with Gasteiger partial charge in [-0.25, -0.2) is 14.9 Å².